The summed E-state index contributed by atoms with van der Waals surface area (Å²) in [5.41, 5.74) is 7.00. The number of alkyl carbamates (subject to hydrolysis) is 1. The van der Waals surface area contributed by atoms with E-state index in [1.807, 2.05) is 32.0 Å². The van der Waals surface area contributed by atoms with Crippen LogP contribution in [0.4, 0.5) is 4.79 Å². The molecule has 0 aliphatic rings. The fourth-order valence-corrected chi connectivity index (χ4v) is 4.70. The monoisotopic (exact) mass is 604 g/mol. The lowest BCUT2D eigenvalue weighted by Crippen LogP contribution is -2.53. The molecule has 11 heteroatoms. The van der Waals surface area contributed by atoms with E-state index >= 15 is 0 Å². The van der Waals surface area contributed by atoms with Gasteiger partial charge in [0.15, 0.2) is 0 Å². The maximum absolute atomic E-state index is 14.3. The van der Waals surface area contributed by atoms with Crippen LogP contribution in [0.1, 0.15) is 109 Å². The minimum absolute atomic E-state index is 0.0223. The van der Waals surface area contributed by atoms with Crippen molar-refractivity contribution in [3.05, 3.63) is 34.9 Å². The highest BCUT2D eigenvalue weighted by Gasteiger charge is 2.36. The van der Waals surface area contributed by atoms with Crippen LogP contribution in [0.2, 0.25) is 0 Å². The van der Waals surface area contributed by atoms with Gasteiger partial charge in [-0.1, -0.05) is 61.9 Å². The van der Waals surface area contributed by atoms with E-state index in [9.17, 15) is 24.0 Å². The number of hydrogen-bond donors (Lipinski definition) is 3. The van der Waals surface area contributed by atoms with Crippen molar-refractivity contribution in [1.29, 1.82) is 0 Å². The van der Waals surface area contributed by atoms with Crippen molar-refractivity contribution in [2.24, 2.45) is 5.73 Å². The number of carbonyl (C=O) groups excluding carboxylic acids is 5. The standard InChI is InChI=1S/C32H52N4O7/c1-8-10-11-12-13-18-36(30(40)25(14-15-26(33)37)35-31(41)43-32(5,6)7)28(24-20-22(3)19-23(4)21-24)29(39)34-17-16-27(38)42-9-2/h19-21,25,28H,8-18H2,1-7H3,(H2,33,37)(H,34,39)(H,35,41). The SMILES string of the molecule is CCCCCCCN(C(=O)C(CCC(N)=O)NC(=O)OC(C)(C)C)C(C(=O)NCCC(=O)OCC)c1cc(C)cc(C)c1. The average molecular weight is 605 g/mol. The van der Waals surface area contributed by atoms with E-state index in [0.29, 0.717) is 12.0 Å². The van der Waals surface area contributed by atoms with Crippen molar-refractivity contribution in [2.75, 3.05) is 19.7 Å². The summed E-state index contributed by atoms with van der Waals surface area (Å²) in [4.78, 5) is 65.9. The number of aryl methyl sites for hydroxylation is 2. The van der Waals surface area contributed by atoms with Crippen molar-refractivity contribution in [1.82, 2.24) is 15.5 Å². The quantitative estimate of drug-likeness (QED) is 0.166. The lowest BCUT2D eigenvalue weighted by Gasteiger charge is -2.35. The topological polar surface area (TPSA) is 157 Å². The molecule has 4 amide bonds. The molecule has 1 rings (SSSR count). The number of unbranched alkanes of at least 4 members (excludes halogenated alkanes) is 4. The van der Waals surface area contributed by atoms with E-state index < -0.39 is 47.5 Å². The molecule has 0 aromatic heterocycles. The van der Waals surface area contributed by atoms with Crippen LogP contribution in [0.3, 0.4) is 0 Å². The minimum Gasteiger partial charge on any atom is -0.466 e. The molecule has 0 fully saturated rings. The average Bonchev–Trinajstić information content (AvgIpc) is 2.88. The summed E-state index contributed by atoms with van der Waals surface area (Å²) in [5.74, 6) is -2.07. The van der Waals surface area contributed by atoms with E-state index in [4.69, 9.17) is 15.2 Å². The molecule has 2 unspecified atom stereocenters. The summed E-state index contributed by atoms with van der Waals surface area (Å²) < 4.78 is 10.4. The van der Waals surface area contributed by atoms with Gasteiger partial charge in [0.1, 0.15) is 17.7 Å². The van der Waals surface area contributed by atoms with Crippen LogP contribution >= 0.6 is 0 Å². The number of ether oxygens (including phenoxy) is 2. The summed E-state index contributed by atoms with van der Waals surface area (Å²) >= 11 is 0. The number of nitrogens with two attached hydrogens (primary N) is 1. The molecule has 0 saturated carbocycles. The van der Waals surface area contributed by atoms with Crippen molar-refractivity contribution in [3.63, 3.8) is 0 Å². The van der Waals surface area contributed by atoms with Gasteiger partial charge in [-0.25, -0.2) is 4.79 Å². The highest BCUT2D eigenvalue weighted by Crippen LogP contribution is 2.26. The summed E-state index contributed by atoms with van der Waals surface area (Å²) in [7, 11) is 0. The molecule has 1 aromatic rings. The molecule has 4 N–H and O–H groups in total. The van der Waals surface area contributed by atoms with Gasteiger partial charge in [-0.15, -0.1) is 0 Å². The molecular formula is C32H52N4O7. The third-order valence-electron chi connectivity index (χ3n) is 6.51. The zero-order chi connectivity index (χ0) is 32.6. The van der Waals surface area contributed by atoms with Gasteiger partial charge in [-0.3, -0.25) is 19.2 Å². The fourth-order valence-electron chi connectivity index (χ4n) is 4.70. The normalized spacial score (nSPS) is 12.5. The highest BCUT2D eigenvalue weighted by molar-refractivity contribution is 5.92. The van der Waals surface area contributed by atoms with Crippen molar-refractivity contribution < 1.29 is 33.4 Å². The van der Waals surface area contributed by atoms with E-state index in [2.05, 4.69) is 17.6 Å². The predicted molar refractivity (Wildman–Crippen MR) is 165 cm³/mol. The fraction of sp³-hybridized carbons (Fsp3) is 0.656. The van der Waals surface area contributed by atoms with Crippen LogP contribution in [0.25, 0.3) is 0 Å². The predicted octanol–water partition coefficient (Wildman–Crippen LogP) is 4.37. The zero-order valence-electron chi connectivity index (χ0n) is 27.0. The number of nitrogens with one attached hydrogen (secondary N) is 2. The number of carbonyl (C=O) groups is 5. The zero-order valence-corrected chi connectivity index (χ0v) is 27.0. The maximum Gasteiger partial charge on any atom is 0.408 e. The van der Waals surface area contributed by atoms with Gasteiger partial charge in [-0.2, -0.15) is 0 Å². The van der Waals surface area contributed by atoms with Gasteiger partial charge in [0.25, 0.3) is 0 Å². The van der Waals surface area contributed by atoms with Crippen LogP contribution < -0.4 is 16.4 Å². The number of primary amides is 1. The third-order valence-corrected chi connectivity index (χ3v) is 6.51. The molecule has 0 radical (unpaired) electrons. The Balaban J connectivity index is 3.53. The van der Waals surface area contributed by atoms with Crippen molar-refractivity contribution >= 4 is 29.8 Å². The van der Waals surface area contributed by atoms with Gasteiger partial charge >= 0.3 is 12.1 Å². The molecule has 0 saturated heterocycles. The lowest BCUT2D eigenvalue weighted by atomic mass is 9.97. The molecule has 2 atom stereocenters. The van der Waals surface area contributed by atoms with Gasteiger partial charge in [-0.05, 0) is 59.9 Å². The molecule has 0 aliphatic heterocycles. The number of esters is 1. The van der Waals surface area contributed by atoms with Crippen LogP contribution in [0.5, 0.6) is 0 Å². The summed E-state index contributed by atoms with van der Waals surface area (Å²) in [5, 5.41) is 5.40. The number of rotatable bonds is 18. The Morgan fingerprint density at radius 2 is 1.56 bits per heavy atom. The molecule has 0 heterocycles. The molecule has 43 heavy (non-hydrogen) atoms. The van der Waals surface area contributed by atoms with Gasteiger partial charge in [0.2, 0.25) is 17.7 Å². The summed E-state index contributed by atoms with van der Waals surface area (Å²) in [6.45, 7) is 13.2. The molecule has 1 aromatic carbocycles. The first kappa shape index (κ1) is 37.4. The first-order chi connectivity index (χ1) is 20.2. The maximum atomic E-state index is 14.3. The van der Waals surface area contributed by atoms with Gasteiger partial charge in [0.05, 0.1) is 13.0 Å². The second-order valence-electron chi connectivity index (χ2n) is 11.8. The second-order valence-corrected chi connectivity index (χ2v) is 11.8. The number of amides is 4. The number of benzene rings is 1. The third kappa shape index (κ3) is 14.9. The summed E-state index contributed by atoms with van der Waals surface area (Å²) in [6.07, 6.45) is 3.47. The van der Waals surface area contributed by atoms with Crippen molar-refractivity contribution in [2.45, 2.75) is 118 Å². The molecular weight excluding hydrogens is 552 g/mol. The van der Waals surface area contributed by atoms with Crippen LogP contribution in [0.15, 0.2) is 18.2 Å². The Morgan fingerprint density at radius 3 is 2.12 bits per heavy atom. The van der Waals surface area contributed by atoms with E-state index in [0.717, 1.165) is 36.8 Å². The Kier molecular flexibility index (Phi) is 16.4. The van der Waals surface area contributed by atoms with Gasteiger partial charge < -0.3 is 30.7 Å². The molecule has 0 aliphatic carbocycles. The Bertz CT molecular complexity index is 1060. The largest absolute Gasteiger partial charge is 0.466 e. The lowest BCUT2D eigenvalue weighted by molar-refractivity contribution is -0.144. The first-order valence-electron chi connectivity index (χ1n) is 15.3. The van der Waals surface area contributed by atoms with Crippen molar-refractivity contribution in [3.8, 4) is 0 Å². The Hall–Kier alpha value is -3.63. The number of hydrogen-bond acceptors (Lipinski definition) is 7. The van der Waals surface area contributed by atoms with E-state index in [1.54, 1.807) is 27.7 Å². The van der Waals surface area contributed by atoms with E-state index in [-0.39, 0.29) is 39.0 Å². The molecule has 11 nitrogen and oxygen atoms in total. The summed E-state index contributed by atoms with van der Waals surface area (Å²) in [6, 6.07) is 3.43. The molecule has 0 spiro atoms. The van der Waals surface area contributed by atoms with Crippen LogP contribution in [-0.2, 0) is 28.7 Å². The minimum atomic E-state index is -1.17. The van der Waals surface area contributed by atoms with Crippen LogP contribution in [-0.4, -0.2) is 66.0 Å². The second kappa shape index (κ2) is 18.8. The number of nitrogens with zero attached hydrogens (tertiary/aromatic N) is 1. The highest BCUT2D eigenvalue weighted by atomic mass is 16.6. The molecule has 0 bridgehead atoms. The van der Waals surface area contributed by atoms with Crippen LogP contribution in [0, 0.1) is 13.8 Å². The smallest absolute Gasteiger partial charge is 0.408 e. The van der Waals surface area contributed by atoms with Gasteiger partial charge in [0, 0.05) is 19.5 Å². The first-order valence-corrected chi connectivity index (χ1v) is 15.3. The van der Waals surface area contributed by atoms with E-state index in [1.165, 1.54) is 4.90 Å². The molecule has 242 valence electrons. The Labute approximate surface area is 256 Å². The Morgan fingerprint density at radius 1 is 0.930 bits per heavy atom.